The highest BCUT2D eigenvalue weighted by Gasteiger charge is 2.18. The molecule has 4 heteroatoms. The summed E-state index contributed by atoms with van der Waals surface area (Å²) in [7, 11) is 1.77. The molecule has 2 aromatic rings. The van der Waals surface area contributed by atoms with Gasteiger partial charge in [0.25, 0.3) is 5.91 Å². The maximum Gasteiger partial charge on any atom is 0.261 e. The largest absolute Gasteiger partial charge is 0.493 e. The number of carbonyl (C=O) groups is 1. The fraction of sp³-hybridized carbons (Fsp3) is 0.235. The van der Waals surface area contributed by atoms with Gasteiger partial charge in [-0.3, -0.25) is 4.79 Å². The third-order valence-corrected chi connectivity index (χ3v) is 3.58. The van der Waals surface area contributed by atoms with Gasteiger partial charge in [-0.2, -0.15) is 0 Å². The first kappa shape index (κ1) is 15.6. The lowest BCUT2D eigenvalue weighted by molar-refractivity contribution is 0.0989. The highest BCUT2D eigenvalue weighted by atomic mass is 79.9. The van der Waals surface area contributed by atoms with Crippen LogP contribution in [0.5, 0.6) is 5.75 Å². The number of hydrogen-bond acceptors (Lipinski definition) is 2. The Morgan fingerprint density at radius 3 is 2.57 bits per heavy atom. The number of hydrogen-bond donors (Lipinski definition) is 0. The molecule has 0 aliphatic heterocycles. The number of amides is 1. The van der Waals surface area contributed by atoms with Gasteiger partial charge in [-0.1, -0.05) is 41.1 Å². The van der Waals surface area contributed by atoms with E-state index in [0.29, 0.717) is 17.9 Å². The molecule has 110 valence electrons. The first-order valence-electron chi connectivity index (χ1n) is 6.89. The monoisotopic (exact) mass is 347 g/mol. The average molecular weight is 348 g/mol. The lowest BCUT2D eigenvalue weighted by Gasteiger charge is -2.19. The molecule has 2 aromatic carbocycles. The van der Waals surface area contributed by atoms with E-state index in [1.165, 1.54) is 0 Å². The van der Waals surface area contributed by atoms with E-state index in [1.54, 1.807) is 18.0 Å². The lowest BCUT2D eigenvalue weighted by Crippen LogP contribution is -2.26. The minimum absolute atomic E-state index is 0.0893. The van der Waals surface area contributed by atoms with Crippen molar-refractivity contribution in [2.45, 2.75) is 13.3 Å². The Balaban J connectivity index is 2.31. The van der Waals surface area contributed by atoms with Gasteiger partial charge in [0.1, 0.15) is 5.75 Å². The van der Waals surface area contributed by atoms with Crippen molar-refractivity contribution in [2.24, 2.45) is 0 Å². The van der Waals surface area contributed by atoms with Crippen LogP contribution in [0.4, 0.5) is 5.69 Å². The molecule has 0 aliphatic carbocycles. The maximum absolute atomic E-state index is 12.7. The highest BCUT2D eigenvalue weighted by Crippen LogP contribution is 2.26. The quantitative estimate of drug-likeness (QED) is 0.795. The Labute approximate surface area is 133 Å². The van der Waals surface area contributed by atoms with E-state index in [4.69, 9.17) is 4.74 Å². The number of ether oxygens (including phenoxy) is 1. The smallest absolute Gasteiger partial charge is 0.261 e. The molecule has 1 amide bonds. The first-order chi connectivity index (χ1) is 10.1. The Morgan fingerprint density at radius 2 is 1.90 bits per heavy atom. The Kier molecular flexibility index (Phi) is 5.39. The fourth-order valence-corrected chi connectivity index (χ4v) is 2.32. The standard InChI is InChI=1S/C17H18BrNO2/c1-3-11-21-16-10-9-13(18)12-15(16)17(20)19(2)14-7-5-4-6-8-14/h4-10,12H,3,11H2,1-2H3. The Hall–Kier alpha value is -1.81. The number of nitrogens with zero attached hydrogens (tertiary/aromatic N) is 1. The van der Waals surface area contributed by atoms with Crippen LogP contribution in [-0.2, 0) is 0 Å². The molecule has 0 saturated carbocycles. The summed E-state index contributed by atoms with van der Waals surface area (Å²) in [5, 5.41) is 0. The summed E-state index contributed by atoms with van der Waals surface area (Å²) in [6.45, 7) is 2.63. The second-order valence-electron chi connectivity index (χ2n) is 4.69. The summed E-state index contributed by atoms with van der Waals surface area (Å²) < 4.78 is 6.54. The molecule has 0 unspecified atom stereocenters. The van der Waals surface area contributed by atoms with Crippen molar-refractivity contribution in [3.8, 4) is 5.75 Å². The number of carbonyl (C=O) groups excluding carboxylic acids is 1. The van der Waals surface area contributed by atoms with Crippen LogP contribution in [0.2, 0.25) is 0 Å². The van der Waals surface area contributed by atoms with Crippen LogP contribution in [0, 0.1) is 0 Å². The topological polar surface area (TPSA) is 29.5 Å². The summed E-state index contributed by atoms with van der Waals surface area (Å²) in [5.74, 6) is 0.529. The highest BCUT2D eigenvalue weighted by molar-refractivity contribution is 9.10. The van der Waals surface area contributed by atoms with Crippen LogP contribution >= 0.6 is 15.9 Å². The second-order valence-corrected chi connectivity index (χ2v) is 5.60. The molecule has 0 bridgehead atoms. The van der Waals surface area contributed by atoms with E-state index in [1.807, 2.05) is 49.4 Å². The molecule has 2 rings (SSSR count). The van der Waals surface area contributed by atoms with Crippen LogP contribution in [0.25, 0.3) is 0 Å². The van der Waals surface area contributed by atoms with Crippen molar-refractivity contribution in [3.63, 3.8) is 0 Å². The zero-order valence-electron chi connectivity index (χ0n) is 12.2. The third-order valence-electron chi connectivity index (χ3n) is 3.08. The molecule has 0 saturated heterocycles. The maximum atomic E-state index is 12.7. The van der Waals surface area contributed by atoms with Gasteiger partial charge in [0.2, 0.25) is 0 Å². The van der Waals surface area contributed by atoms with E-state index in [9.17, 15) is 4.79 Å². The summed E-state index contributed by atoms with van der Waals surface area (Å²) in [6, 6.07) is 15.1. The van der Waals surface area contributed by atoms with Crippen molar-refractivity contribution in [2.75, 3.05) is 18.6 Å². The second kappa shape index (κ2) is 7.27. The van der Waals surface area contributed by atoms with E-state index in [0.717, 1.165) is 16.6 Å². The van der Waals surface area contributed by atoms with Crippen molar-refractivity contribution in [3.05, 3.63) is 58.6 Å². The number of para-hydroxylation sites is 1. The molecule has 0 aliphatic rings. The van der Waals surface area contributed by atoms with Gasteiger partial charge in [-0.15, -0.1) is 0 Å². The van der Waals surface area contributed by atoms with Crippen molar-refractivity contribution in [1.29, 1.82) is 0 Å². The average Bonchev–Trinajstić information content (AvgIpc) is 2.53. The lowest BCUT2D eigenvalue weighted by atomic mass is 10.1. The fourth-order valence-electron chi connectivity index (χ4n) is 1.96. The van der Waals surface area contributed by atoms with Crippen molar-refractivity contribution in [1.82, 2.24) is 0 Å². The SMILES string of the molecule is CCCOc1ccc(Br)cc1C(=O)N(C)c1ccccc1. The van der Waals surface area contributed by atoms with E-state index >= 15 is 0 Å². The summed E-state index contributed by atoms with van der Waals surface area (Å²) in [5.41, 5.74) is 1.41. The van der Waals surface area contributed by atoms with Gasteiger partial charge in [0, 0.05) is 17.2 Å². The van der Waals surface area contributed by atoms with E-state index in [2.05, 4.69) is 15.9 Å². The Morgan fingerprint density at radius 1 is 1.19 bits per heavy atom. The van der Waals surface area contributed by atoms with E-state index < -0.39 is 0 Å². The third kappa shape index (κ3) is 3.85. The number of halogens is 1. The summed E-state index contributed by atoms with van der Waals surface area (Å²) >= 11 is 3.41. The molecule has 3 nitrogen and oxygen atoms in total. The van der Waals surface area contributed by atoms with Crippen LogP contribution in [0.15, 0.2) is 53.0 Å². The first-order valence-corrected chi connectivity index (χ1v) is 7.68. The van der Waals surface area contributed by atoms with Crippen molar-refractivity contribution < 1.29 is 9.53 Å². The van der Waals surface area contributed by atoms with Crippen LogP contribution in [-0.4, -0.2) is 19.6 Å². The van der Waals surface area contributed by atoms with Gasteiger partial charge in [0.15, 0.2) is 0 Å². The molecule has 0 aromatic heterocycles. The zero-order valence-corrected chi connectivity index (χ0v) is 13.8. The van der Waals surface area contributed by atoms with E-state index in [-0.39, 0.29) is 5.91 Å². The minimum atomic E-state index is -0.0893. The molecule has 0 radical (unpaired) electrons. The van der Waals surface area contributed by atoms with Crippen LogP contribution in [0.3, 0.4) is 0 Å². The molecule has 0 fully saturated rings. The van der Waals surface area contributed by atoms with Crippen molar-refractivity contribution >= 4 is 27.5 Å². The summed E-state index contributed by atoms with van der Waals surface area (Å²) in [6.07, 6.45) is 0.901. The van der Waals surface area contributed by atoms with Gasteiger partial charge in [-0.25, -0.2) is 0 Å². The molecular formula is C17H18BrNO2. The van der Waals surface area contributed by atoms with Crippen LogP contribution < -0.4 is 9.64 Å². The molecule has 0 heterocycles. The zero-order chi connectivity index (χ0) is 15.2. The normalized spacial score (nSPS) is 10.2. The number of benzene rings is 2. The number of anilines is 1. The van der Waals surface area contributed by atoms with Gasteiger partial charge in [-0.05, 0) is 36.8 Å². The van der Waals surface area contributed by atoms with Gasteiger partial charge < -0.3 is 9.64 Å². The van der Waals surface area contributed by atoms with Gasteiger partial charge >= 0.3 is 0 Å². The van der Waals surface area contributed by atoms with Gasteiger partial charge in [0.05, 0.1) is 12.2 Å². The predicted molar refractivity (Wildman–Crippen MR) is 89.1 cm³/mol. The molecule has 0 atom stereocenters. The molecule has 0 spiro atoms. The minimum Gasteiger partial charge on any atom is -0.493 e. The molecule has 21 heavy (non-hydrogen) atoms. The summed E-state index contributed by atoms with van der Waals surface area (Å²) in [4.78, 5) is 14.3. The number of rotatable bonds is 5. The van der Waals surface area contributed by atoms with Crippen LogP contribution in [0.1, 0.15) is 23.7 Å². The molecular weight excluding hydrogens is 330 g/mol. The molecule has 0 N–H and O–H groups in total. The Bertz CT molecular complexity index is 613. The predicted octanol–water partition coefficient (Wildman–Crippen LogP) is 4.51.